The molecule has 0 saturated carbocycles. The molecule has 0 bridgehead atoms. The summed E-state index contributed by atoms with van der Waals surface area (Å²) in [4.78, 5) is 12.4. The van der Waals surface area contributed by atoms with Crippen molar-refractivity contribution in [2.45, 2.75) is 68.5 Å². The van der Waals surface area contributed by atoms with Crippen molar-refractivity contribution < 1.29 is 95.4 Å². The molecule has 0 radical (unpaired) electrons. The Kier molecular flexibility index (Phi) is 15.5. The van der Waals surface area contributed by atoms with Crippen LogP contribution in [0.1, 0.15) is 11.1 Å². The van der Waals surface area contributed by atoms with Gasteiger partial charge in [0.15, 0.2) is 18.7 Å². The van der Waals surface area contributed by atoms with Crippen LogP contribution in [0.25, 0.3) is 0 Å². The van der Waals surface area contributed by atoms with E-state index in [1.807, 2.05) is 36.4 Å². The largest absolute Gasteiger partial charge is 1.00 e. The smallest absolute Gasteiger partial charge is 0.748 e. The van der Waals surface area contributed by atoms with Gasteiger partial charge >= 0.3 is 35.5 Å². The van der Waals surface area contributed by atoms with Crippen molar-refractivity contribution in [1.82, 2.24) is 0 Å². The molecule has 2 aromatic carbocycles. The van der Waals surface area contributed by atoms with Crippen LogP contribution in [0.4, 0.5) is 0 Å². The minimum absolute atomic E-state index is 0. The van der Waals surface area contributed by atoms with Gasteiger partial charge in [-0.05, 0) is 11.1 Å². The van der Waals surface area contributed by atoms with Gasteiger partial charge in [-0.15, -0.1) is 0 Å². The zero-order chi connectivity index (χ0) is 32.6. The number of hydrogen-bond acceptors (Lipinski definition) is 14. The standard InChI is InChI=1S/C30H40O14S.Na/c1-37-27-23(32)22(31)26(28(33)38-2)44-30(27)43-25-21(16-40-14-18-10-6-4-7-11-18)42-29(39-3)20(17-45(34,35)36)24(25)41-15-19-12-8-5-9-13-19;/h4-13,20-27,29-32H,14-17H2,1-3H3,(H,34,35,36);/q;+1/p-1/t20-,21-,22+,23+,24-,25-,26-,27-,29-,30-;/m1./s1. The maximum atomic E-state index is 12.4. The number of benzene rings is 2. The molecule has 2 saturated heterocycles. The zero-order valence-electron chi connectivity index (χ0n) is 26.1. The first-order chi connectivity index (χ1) is 21.6. The zero-order valence-corrected chi connectivity index (χ0v) is 28.9. The molecule has 2 fully saturated rings. The fourth-order valence-corrected chi connectivity index (χ4v) is 6.23. The van der Waals surface area contributed by atoms with Crippen LogP contribution in [0.15, 0.2) is 60.7 Å². The molecule has 2 aliphatic heterocycles. The van der Waals surface area contributed by atoms with Gasteiger partial charge in [0.1, 0.15) is 30.5 Å². The summed E-state index contributed by atoms with van der Waals surface area (Å²) in [6, 6.07) is 18.3. The fourth-order valence-electron chi connectivity index (χ4n) is 5.41. The van der Waals surface area contributed by atoms with Gasteiger partial charge in [0.2, 0.25) is 0 Å². The Hall–Kier alpha value is -1.54. The van der Waals surface area contributed by atoms with Crippen LogP contribution in [0.3, 0.4) is 0 Å². The van der Waals surface area contributed by atoms with Gasteiger partial charge in [-0.1, -0.05) is 60.7 Å². The number of ether oxygens (including phenoxy) is 8. The molecule has 0 spiro atoms. The summed E-state index contributed by atoms with van der Waals surface area (Å²) < 4.78 is 82.3. The molecular weight excluding hydrogens is 639 g/mol. The molecule has 10 atom stereocenters. The van der Waals surface area contributed by atoms with Crippen LogP contribution in [-0.2, 0) is 66.0 Å². The van der Waals surface area contributed by atoms with E-state index in [4.69, 9.17) is 37.9 Å². The van der Waals surface area contributed by atoms with Crippen molar-refractivity contribution in [2.24, 2.45) is 5.92 Å². The number of carbonyl (C=O) groups excluding carboxylic acids is 1. The van der Waals surface area contributed by atoms with E-state index in [2.05, 4.69) is 0 Å². The van der Waals surface area contributed by atoms with Crippen LogP contribution >= 0.6 is 0 Å². The van der Waals surface area contributed by atoms with Gasteiger partial charge in [-0.2, -0.15) is 0 Å². The predicted molar refractivity (Wildman–Crippen MR) is 153 cm³/mol. The Morgan fingerprint density at radius 2 is 1.43 bits per heavy atom. The summed E-state index contributed by atoms with van der Waals surface area (Å²) in [6.45, 7) is 0.0620. The first kappa shape index (κ1) is 38.9. The van der Waals surface area contributed by atoms with Crippen molar-refractivity contribution in [3.63, 3.8) is 0 Å². The van der Waals surface area contributed by atoms with E-state index in [1.54, 1.807) is 24.3 Å². The summed E-state index contributed by atoms with van der Waals surface area (Å²) in [5.41, 5.74) is 1.61. The van der Waals surface area contributed by atoms with Crippen molar-refractivity contribution in [2.75, 3.05) is 33.7 Å². The van der Waals surface area contributed by atoms with Crippen molar-refractivity contribution in [3.8, 4) is 0 Å². The maximum absolute atomic E-state index is 12.4. The van der Waals surface area contributed by atoms with E-state index >= 15 is 0 Å². The molecule has 0 amide bonds. The molecule has 2 aliphatic rings. The van der Waals surface area contributed by atoms with Gasteiger partial charge in [0.05, 0.1) is 49.1 Å². The summed E-state index contributed by atoms with van der Waals surface area (Å²) in [5.74, 6) is -3.08. The molecule has 2 heterocycles. The Morgan fingerprint density at radius 3 is 1.98 bits per heavy atom. The monoisotopic (exact) mass is 678 g/mol. The van der Waals surface area contributed by atoms with E-state index in [9.17, 15) is 28.0 Å². The third kappa shape index (κ3) is 10.2. The normalized spacial score (nSPS) is 31.5. The molecule has 46 heavy (non-hydrogen) atoms. The van der Waals surface area contributed by atoms with Crippen LogP contribution in [-0.4, -0.2) is 118 Å². The van der Waals surface area contributed by atoms with E-state index in [1.165, 1.54) is 14.2 Å². The number of esters is 1. The second-order valence-electron chi connectivity index (χ2n) is 10.7. The summed E-state index contributed by atoms with van der Waals surface area (Å²) in [5, 5.41) is 21.4. The quantitative estimate of drug-likeness (QED) is 0.120. The molecule has 4 rings (SSSR count). The molecular formula is C30H39NaO14S. The van der Waals surface area contributed by atoms with Gasteiger partial charge in [-0.3, -0.25) is 0 Å². The summed E-state index contributed by atoms with van der Waals surface area (Å²) in [7, 11) is -1.20. The van der Waals surface area contributed by atoms with Gasteiger partial charge < -0.3 is 52.7 Å². The number of aliphatic hydroxyl groups excluding tert-OH is 2. The summed E-state index contributed by atoms with van der Waals surface area (Å²) >= 11 is 0. The molecule has 2 N–H and O–H groups in total. The van der Waals surface area contributed by atoms with E-state index in [0.717, 1.165) is 18.2 Å². The number of carbonyl (C=O) groups is 1. The maximum Gasteiger partial charge on any atom is 1.00 e. The van der Waals surface area contributed by atoms with Crippen LogP contribution < -0.4 is 29.6 Å². The summed E-state index contributed by atoms with van der Waals surface area (Å²) in [6.07, 6.45) is -12.5. The SMILES string of the molecule is COC(=O)[C@@H]1O[C@@H](O[C@H]2[C@H](OCc3ccccc3)[C@@H](CS(=O)(=O)[O-])[C@H](OC)O[C@@H]2COCc2ccccc2)[C@H](OC)[C@@H](O)[C@@H]1O.[Na+]. The second-order valence-corrected chi connectivity index (χ2v) is 12.1. The molecule has 16 heteroatoms. The molecule has 14 nitrogen and oxygen atoms in total. The van der Waals surface area contributed by atoms with Crippen LogP contribution in [0.5, 0.6) is 0 Å². The topological polar surface area (TPSA) is 189 Å². The Labute approximate surface area is 290 Å². The Morgan fingerprint density at radius 1 is 0.826 bits per heavy atom. The second kappa shape index (κ2) is 18.3. The third-order valence-electron chi connectivity index (χ3n) is 7.62. The molecule has 250 valence electrons. The van der Waals surface area contributed by atoms with Crippen molar-refractivity contribution >= 4 is 16.1 Å². The van der Waals surface area contributed by atoms with Crippen molar-refractivity contribution in [1.29, 1.82) is 0 Å². The minimum atomic E-state index is -4.83. The van der Waals surface area contributed by atoms with Gasteiger partial charge in [0, 0.05) is 20.0 Å². The van der Waals surface area contributed by atoms with Gasteiger partial charge in [0.25, 0.3) is 0 Å². The average Bonchev–Trinajstić information content (AvgIpc) is 3.03. The number of aliphatic hydroxyl groups is 2. The predicted octanol–water partition coefficient (Wildman–Crippen LogP) is -2.65. The average molecular weight is 679 g/mol. The van der Waals surface area contributed by atoms with E-state index in [0.29, 0.717) is 0 Å². The minimum Gasteiger partial charge on any atom is -0.748 e. The first-order valence-corrected chi connectivity index (χ1v) is 15.8. The number of rotatable bonds is 14. The molecule has 0 unspecified atom stereocenters. The molecule has 0 aliphatic carbocycles. The molecule has 2 aromatic rings. The Balaban J connectivity index is 0.00000576. The van der Waals surface area contributed by atoms with Crippen molar-refractivity contribution in [3.05, 3.63) is 71.8 Å². The fraction of sp³-hybridized carbons (Fsp3) is 0.567. The first-order valence-electron chi connectivity index (χ1n) is 14.2. The number of hydrogen-bond donors (Lipinski definition) is 2. The van der Waals surface area contributed by atoms with E-state index in [-0.39, 0.29) is 49.4 Å². The Bertz CT molecular complexity index is 1300. The van der Waals surface area contributed by atoms with Crippen LogP contribution in [0, 0.1) is 5.92 Å². The molecule has 0 aromatic heterocycles. The third-order valence-corrected chi connectivity index (χ3v) is 8.41. The van der Waals surface area contributed by atoms with E-state index < -0.39 is 83.1 Å². The van der Waals surface area contributed by atoms with Gasteiger partial charge in [-0.25, -0.2) is 13.2 Å². The van der Waals surface area contributed by atoms with Crippen LogP contribution in [0.2, 0.25) is 0 Å². The number of methoxy groups -OCH3 is 3.